The summed E-state index contributed by atoms with van der Waals surface area (Å²) in [6.45, 7) is 1.43. The van der Waals surface area contributed by atoms with Gasteiger partial charge >= 0.3 is 0 Å². The first-order chi connectivity index (χ1) is 5.29. The minimum absolute atomic E-state index is 0.366. The number of aromatic nitrogens is 2. The van der Waals surface area contributed by atoms with Crippen molar-refractivity contribution < 1.29 is 4.79 Å². The van der Waals surface area contributed by atoms with Crippen LogP contribution in [0.4, 0.5) is 0 Å². The molecule has 0 saturated carbocycles. The Morgan fingerprint density at radius 1 is 1.55 bits per heavy atom. The molecular formula is C6H8N4O. The van der Waals surface area contributed by atoms with Crippen molar-refractivity contribution in [3.8, 4) is 0 Å². The molecule has 5 heteroatoms. The van der Waals surface area contributed by atoms with E-state index >= 15 is 0 Å². The van der Waals surface area contributed by atoms with E-state index in [1.165, 1.54) is 0 Å². The zero-order valence-electron chi connectivity index (χ0n) is 5.85. The molecule has 1 aromatic rings. The Morgan fingerprint density at radius 2 is 2.36 bits per heavy atom. The topological polar surface area (TPSA) is 83.8 Å². The van der Waals surface area contributed by atoms with Gasteiger partial charge in [0.2, 0.25) is 0 Å². The number of rotatable bonds is 1. The number of hydrogen-bond acceptors (Lipinski definition) is 3. The molecule has 4 N–H and O–H groups in total. The van der Waals surface area contributed by atoms with E-state index in [0.29, 0.717) is 12.2 Å². The molecule has 1 aliphatic heterocycles. The van der Waals surface area contributed by atoms with E-state index in [1.807, 2.05) is 0 Å². The van der Waals surface area contributed by atoms with Crippen LogP contribution in [0.1, 0.15) is 21.7 Å². The molecule has 2 rings (SSSR count). The van der Waals surface area contributed by atoms with Crippen LogP contribution in [-0.4, -0.2) is 16.1 Å². The molecule has 58 valence electrons. The average Bonchev–Trinajstić information content (AvgIpc) is 2.41. The first kappa shape index (κ1) is 6.36. The van der Waals surface area contributed by atoms with E-state index < -0.39 is 5.91 Å². The van der Waals surface area contributed by atoms with Crippen molar-refractivity contribution >= 4 is 5.91 Å². The van der Waals surface area contributed by atoms with E-state index in [0.717, 1.165) is 17.8 Å². The molecule has 0 bridgehead atoms. The molecule has 1 amide bonds. The Labute approximate surface area is 63.0 Å². The second kappa shape index (κ2) is 2.06. The van der Waals surface area contributed by atoms with Crippen LogP contribution in [0.25, 0.3) is 0 Å². The number of H-pyrrole nitrogens is 1. The molecule has 0 aliphatic carbocycles. The lowest BCUT2D eigenvalue weighted by Crippen LogP contribution is -2.14. The van der Waals surface area contributed by atoms with Crippen LogP contribution in [-0.2, 0) is 13.1 Å². The number of hydrogen-bond donors (Lipinski definition) is 3. The van der Waals surface area contributed by atoms with Gasteiger partial charge in [-0.1, -0.05) is 0 Å². The van der Waals surface area contributed by atoms with Crippen LogP contribution >= 0.6 is 0 Å². The molecule has 1 aromatic heterocycles. The lowest BCUT2D eigenvalue weighted by molar-refractivity contribution is 0.0994. The highest BCUT2D eigenvalue weighted by atomic mass is 16.1. The highest BCUT2D eigenvalue weighted by molar-refractivity contribution is 5.92. The molecule has 0 unspecified atom stereocenters. The van der Waals surface area contributed by atoms with Crippen molar-refractivity contribution in [2.45, 2.75) is 13.1 Å². The van der Waals surface area contributed by atoms with Crippen molar-refractivity contribution in [3.05, 3.63) is 17.0 Å². The maximum absolute atomic E-state index is 10.7. The summed E-state index contributed by atoms with van der Waals surface area (Å²) in [6, 6.07) is 0. The maximum Gasteiger partial charge on any atom is 0.269 e. The summed E-state index contributed by atoms with van der Waals surface area (Å²) < 4.78 is 0. The largest absolute Gasteiger partial charge is 0.364 e. The highest BCUT2D eigenvalue weighted by Gasteiger charge is 2.20. The smallest absolute Gasteiger partial charge is 0.269 e. The number of carbonyl (C=O) groups excluding carboxylic acids is 1. The molecule has 0 aromatic carbocycles. The second-order valence-corrected chi connectivity index (χ2v) is 2.50. The number of primary amides is 1. The zero-order valence-corrected chi connectivity index (χ0v) is 5.85. The minimum Gasteiger partial charge on any atom is -0.364 e. The molecule has 5 nitrogen and oxygen atoms in total. The lowest BCUT2D eigenvalue weighted by atomic mass is 10.2. The van der Waals surface area contributed by atoms with E-state index in [-0.39, 0.29) is 0 Å². The lowest BCUT2D eigenvalue weighted by Gasteiger charge is -1.90. The van der Waals surface area contributed by atoms with Crippen molar-refractivity contribution in [2.24, 2.45) is 5.73 Å². The van der Waals surface area contributed by atoms with Crippen LogP contribution in [0.5, 0.6) is 0 Å². The summed E-state index contributed by atoms with van der Waals surface area (Å²) in [5, 5.41) is 9.64. The number of carbonyl (C=O) groups is 1. The van der Waals surface area contributed by atoms with Gasteiger partial charge in [0.15, 0.2) is 5.69 Å². The Bertz CT molecular complexity index is 304. The first-order valence-electron chi connectivity index (χ1n) is 3.35. The fourth-order valence-corrected chi connectivity index (χ4v) is 1.25. The summed E-state index contributed by atoms with van der Waals surface area (Å²) in [4.78, 5) is 10.7. The standard InChI is InChI=1S/C6H8N4O/c7-6(11)5-3-1-8-2-4(3)9-10-5/h8H,1-2H2,(H2,7,11)(H,9,10). The van der Waals surface area contributed by atoms with Crippen molar-refractivity contribution in [1.82, 2.24) is 15.5 Å². The van der Waals surface area contributed by atoms with Gasteiger partial charge in [-0.2, -0.15) is 5.10 Å². The Balaban J connectivity index is 2.50. The van der Waals surface area contributed by atoms with Gasteiger partial charge in [-0.05, 0) is 0 Å². The van der Waals surface area contributed by atoms with Crippen molar-refractivity contribution in [1.29, 1.82) is 0 Å². The number of aromatic amines is 1. The summed E-state index contributed by atoms with van der Waals surface area (Å²) in [5.41, 5.74) is 7.33. The maximum atomic E-state index is 10.7. The number of nitrogens with zero attached hydrogens (tertiary/aromatic N) is 1. The third-order valence-electron chi connectivity index (χ3n) is 1.79. The summed E-state index contributed by atoms with van der Waals surface area (Å²) in [6.07, 6.45) is 0. The van der Waals surface area contributed by atoms with Gasteiger partial charge in [-0.15, -0.1) is 0 Å². The van der Waals surface area contributed by atoms with Gasteiger partial charge in [0.25, 0.3) is 5.91 Å². The van der Waals surface area contributed by atoms with Crippen LogP contribution in [0.15, 0.2) is 0 Å². The number of nitrogens with two attached hydrogens (primary N) is 1. The van der Waals surface area contributed by atoms with Gasteiger partial charge in [0, 0.05) is 18.7 Å². The fraction of sp³-hybridized carbons (Fsp3) is 0.333. The van der Waals surface area contributed by atoms with Crippen LogP contribution in [0.3, 0.4) is 0 Å². The molecule has 1 aliphatic rings. The van der Waals surface area contributed by atoms with Gasteiger partial charge in [-0.3, -0.25) is 9.89 Å². The summed E-state index contributed by atoms with van der Waals surface area (Å²) >= 11 is 0. The van der Waals surface area contributed by atoms with E-state index in [9.17, 15) is 4.79 Å². The van der Waals surface area contributed by atoms with Gasteiger partial charge < -0.3 is 11.1 Å². The Kier molecular flexibility index (Phi) is 1.19. The normalized spacial score (nSPS) is 14.9. The second-order valence-electron chi connectivity index (χ2n) is 2.50. The predicted octanol–water partition coefficient (Wildman–Crippen LogP) is -0.888. The fourth-order valence-electron chi connectivity index (χ4n) is 1.25. The summed E-state index contributed by atoms with van der Waals surface area (Å²) in [5.74, 6) is -0.466. The Hall–Kier alpha value is -1.36. The molecule has 2 heterocycles. The van der Waals surface area contributed by atoms with Crippen molar-refractivity contribution in [2.75, 3.05) is 0 Å². The molecule has 11 heavy (non-hydrogen) atoms. The third kappa shape index (κ3) is 0.813. The highest BCUT2D eigenvalue weighted by Crippen LogP contribution is 2.15. The van der Waals surface area contributed by atoms with Crippen LogP contribution < -0.4 is 11.1 Å². The van der Waals surface area contributed by atoms with Crippen LogP contribution in [0, 0.1) is 0 Å². The number of nitrogens with one attached hydrogen (secondary N) is 2. The van der Waals surface area contributed by atoms with E-state index in [2.05, 4.69) is 15.5 Å². The average molecular weight is 152 g/mol. The van der Waals surface area contributed by atoms with Gasteiger partial charge in [0.1, 0.15) is 0 Å². The molecular weight excluding hydrogens is 144 g/mol. The summed E-state index contributed by atoms with van der Waals surface area (Å²) in [7, 11) is 0. The minimum atomic E-state index is -0.466. The third-order valence-corrected chi connectivity index (χ3v) is 1.79. The number of fused-ring (bicyclic) bond motifs is 1. The Morgan fingerprint density at radius 3 is 3.09 bits per heavy atom. The van der Waals surface area contributed by atoms with E-state index in [4.69, 9.17) is 5.73 Å². The van der Waals surface area contributed by atoms with Gasteiger partial charge in [-0.25, -0.2) is 0 Å². The van der Waals surface area contributed by atoms with Gasteiger partial charge in [0.05, 0.1) is 5.69 Å². The molecule has 0 spiro atoms. The monoisotopic (exact) mass is 152 g/mol. The predicted molar refractivity (Wildman–Crippen MR) is 37.6 cm³/mol. The van der Waals surface area contributed by atoms with Crippen molar-refractivity contribution in [3.63, 3.8) is 0 Å². The SMILES string of the molecule is NC(=O)c1n[nH]c2c1CNC2. The van der Waals surface area contributed by atoms with Crippen LogP contribution in [0.2, 0.25) is 0 Å². The first-order valence-corrected chi connectivity index (χ1v) is 3.35. The molecule has 0 fully saturated rings. The quantitative estimate of drug-likeness (QED) is 0.488. The van der Waals surface area contributed by atoms with E-state index in [1.54, 1.807) is 0 Å². The number of amides is 1. The molecule has 0 radical (unpaired) electrons. The zero-order chi connectivity index (χ0) is 7.84. The molecule has 0 saturated heterocycles. The molecule has 0 atom stereocenters.